The minimum absolute atomic E-state index is 0.797. The van der Waals surface area contributed by atoms with Crippen LogP contribution in [-0.4, -0.2) is 4.39 Å². The van der Waals surface area contributed by atoms with Crippen LogP contribution >= 0.6 is 25.3 Å². The van der Waals surface area contributed by atoms with Crippen molar-refractivity contribution >= 4 is 25.3 Å². The molecule has 0 spiro atoms. The molecule has 2 nitrogen and oxygen atoms in total. The molecule has 0 aromatic heterocycles. The molecule has 0 fully saturated rings. The Bertz CT molecular complexity index is 148. The van der Waals surface area contributed by atoms with E-state index in [9.17, 15) is 0 Å². The number of hydrogen-bond acceptors (Lipinski definition) is 4. The Balaban J connectivity index is 2.70. The maximum absolute atomic E-state index is 5.16. The van der Waals surface area contributed by atoms with Gasteiger partial charge in [0.05, 0.1) is 5.70 Å². The summed E-state index contributed by atoms with van der Waals surface area (Å²) >= 11 is 8.11. The molecular weight excluding hydrogens is 154 g/mol. The van der Waals surface area contributed by atoms with Crippen molar-refractivity contribution in [1.82, 2.24) is 5.32 Å². The van der Waals surface area contributed by atoms with Gasteiger partial charge in [-0.2, -0.15) is 0 Å². The van der Waals surface area contributed by atoms with E-state index in [2.05, 4.69) is 30.6 Å². The van der Waals surface area contributed by atoms with Gasteiger partial charge in [0.15, 0.2) is 0 Å². The van der Waals surface area contributed by atoms with Gasteiger partial charge in [0.1, 0.15) is 5.76 Å². The Morgan fingerprint density at radius 2 is 2.00 bits per heavy atom. The summed E-state index contributed by atoms with van der Waals surface area (Å²) in [4.78, 5) is 0. The van der Waals surface area contributed by atoms with E-state index in [4.69, 9.17) is 4.74 Å². The van der Waals surface area contributed by atoms with Crippen molar-refractivity contribution in [2.45, 2.75) is 18.2 Å². The summed E-state index contributed by atoms with van der Waals surface area (Å²) in [5.41, 5.74) is 0.986. The zero-order chi connectivity index (χ0) is 7.07. The molecule has 0 saturated heterocycles. The molecule has 1 N–H and O–H groups in total. The van der Waals surface area contributed by atoms with Crippen molar-refractivity contribution in [2.75, 3.05) is 0 Å². The monoisotopic (exact) mass is 163 g/mol. The van der Waals surface area contributed by atoms with E-state index in [0.717, 1.165) is 11.5 Å². The molecule has 0 bridgehead atoms. The molecule has 0 amide bonds. The molecule has 1 aliphatic heterocycles. The Hall–Kier alpha value is 0.0400. The summed E-state index contributed by atoms with van der Waals surface area (Å²) < 4.78 is 4.36. The van der Waals surface area contributed by atoms with Crippen molar-refractivity contribution in [2.24, 2.45) is 0 Å². The molecule has 0 saturated carbocycles. The predicted octanol–water partition coefficient (Wildman–Crippen LogP) is 1.33. The van der Waals surface area contributed by atoms with Gasteiger partial charge in [-0.25, -0.2) is 0 Å². The molecule has 0 aromatic rings. The lowest BCUT2D eigenvalue weighted by Crippen LogP contribution is -2.28. The molecule has 4 heteroatoms. The van der Waals surface area contributed by atoms with E-state index in [0.29, 0.717) is 0 Å². The van der Waals surface area contributed by atoms with Crippen LogP contribution in [0.2, 0.25) is 0 Å². The largest absolute Gasteiger partial charge is 0.453 e. The highest BCUT2D eigenvalue weighted by molar-refractivity contribution is 8.00. The fourth-order valence-corrected chi connectivity index (χ4v) is 1.26. The van der Waals surface area contributed by atoms with E-state index in [-0.39, 0.29) is 0 Å². The summed E-state index contributed by atoms with van der Waals surface area (Å²) in [7, 11) is 0. The van der Waals surface area contributed by atoms with Gasteiger partial charge in [0.25, 0.3) is 4.39 Å². The third-order valence-electron chi connectivity index (χ3n) is 1.17. The Morgan fingerprint density at radius 3 is 2.11 bits per heavy atom. The van der Waals surface area contributed by atoms with Gasteiger partial charge in [0, 0.05) is 0 Å². The summed E-state index contributed by atoms with van der Waals surface area (Å²) in [5, 5.41) is 2.93. The molecule has 0 radical (unpaired) electrons. The van der Waals surface area contributed by atoms with Gasteiger partial charge in [-0.3, -0.25) is 0 Å². The van der Waals surface area contributed by atoms with Crippen LogP contribution in [0.1, 0.15) is 13.8 Å². The maximum Gasteiger partial charge on any atom is 0.272 e. The van der Waals surface area contributed by atoms with Crippen LogP contribution in [-0.2, 0) is 4.74 Å². The second-order valence-corrected chi connectivity index (χ2v) is 3.63. The first-order chi connectivity index (χ1) is 4.01. The number of nitrogens with one attached hydrogen (secondary N) is 1. The minimum atomic E-state index is -0.797. The van der Waals surface area contributed by atoms with E-state index in [1.165, 1.54) is 0 Å². The smallest absolute Gasteiger partial charge is 0.272 e. The van der Waals surface area contributed by atoms with Crippen molar-refractivity contribution < 1.29 is 4.74 Å². The van der Waals surface area contributed by atoms with Crippen molar-refractivity contribution in [3.05, 3.63) is 11.5 Å². The Labute approximate surface area is 65.5 Å². The molecule has 9 heavy (non-hydrogen) atoms. The van der Waals surface area contributed by atoms with Crippen LogP contribution in [0.4, 0.5) is 0 Å². The highest BCUT2D eigenvalue weighted by atomic mass is 32.2. The Morgan fingerprint density at radius 1 is 1.44 bits per heavy atom. The van der Waals surface area contributed by atoms with E-state index < -0.39 is 4.39 Å². The number of allylic oxidation sites excluding steroid dienone is 2. The third-order valence-corrected chi connectivity index (χ3v) is 1.58. The van der Waals surface area contributed by atoms with Crippen molar-refractivity contribution in [3.63, 3.8) is 0 Å². The fourth-order valence-electron chi connectivity index (χ4n) is 0.648. The third kappa shape index (κ3) is 1.49. The standard InChI is InChI=1S/C5H9NOS2/c1-3-4(2)7-5(8,9)6-3/h6,8-9H,1-2H3. The average Bonchev–Trinajstić information content (AvgIpc) is 1.79. The molecule has 1 heterocycles. The topological polar surface area (TPSA) is 21.3 Å². The quantitative estimate of drug-likeness (QED) is 0.370. The first-order valence-electron chi connectivity index (χ1n) is 2.61. The molecule has 0 aromatic carbocycles. The molecule has 0 unspecified atom stereocenters. The van der Waals surface area contributed by atoms with E-state index in [1.807, 2.05) is 13.8 Å². The van der Waals surface area contributed by atoms with Crippen LogP contribution in [0.5, 0.6) is 0 Å². The number of thiol groups is 2. The van der Waals surface area contributed by atoms with Gasteiger partial charge < -0.3 is 10.1 Å². The number of hydrogen-bond donors (Lipinski definition) is 3. The summed E-state index contributed by atoms with van der Waals surface area (Å²) in [6.07, 6.45) is 0. The fraction of sp³-hybridized carbons (Fsp3) is 0.600. The molecule has 0 atom stereocenters. The molecule has 0 aliphatic carbocycles. The lowest BCUT2D eigenvalue weighted by Gasteiger charge is -2.16. The lowest BCUT2D eigenvalue weighted by atomic mass is 10.4. The minimum Gasteiger partial charge on any atom is -0.453 e. The first kappa shape index (κ1) is 7.15. The molecular formula is C5H9NOS2. The SMILES string of the molecule is CC1=C(C)OC(S)(S)N1. The van der Waals surface area contributed by atoms with Gasteiger partial charge in [-0.1, -0.05) is 25.3 Å². The van der Waals surface area contributed by atoms with Crippen molar-refractivity contribution in [1.29, 1.82) is 0 Å². The Kier molecular flexibility index (Phi) is 1.61. The van der Waals surface area contributed by atoms with Crippen LogP contribution in [0, 0.1) is 0 Å². The molecule has 1 rings (SSSR count). The van der Waals surface area contributed by atoms with Crippen LogP contribution in [0.3, 0.4) is 0 Å². The van der Waals surface area contributed by atoms with Crippen LogP contribution in [0.15, 0.2) is 11.5 Å². The van der Waals surface area contributed by atoms with Crippen LogP contribution in [0.25, 0.3) is 0 Å². The van der Waals surface area contributed by atoms with Gasteiger partial charge in [0.2, 0.25) is 0 Å². The average molecular weight is 163 g/mol. The van der Waals surface area contributed by atoms with E-state index >= 15 is 0 Å². The highest BCUT2D eigenvalue weighted by Gasteiger charge is 2.28. The predicted molar refractivity (Wildman–Crippen MR) is 43.3 cm³/mol. The normalized spacial score (nSPS) is 23.6. The summed E-state index contributed by atoms with van der Waals surface area (Å²) in [6, 6.07) is 0. The lowest BCUT2D eigenvalue weighted by molar-refractivity contribution is 0.179. The van der Waals surface area contributed by atoms with Gasteiger partial charge in [-0.05, 0) is 13.8 Å². The molecule has 1 aliphatic rings. The maximum atomic E-state index is 5.16. The summed E-state index contributed by atoms with van der Waals surface area (Å²) in [5.74, 6) is 0.847. The van der Waals surface area contributed by atoms with Crippen LogP contribution < -0.4 is 5.32 Å². The second kappa shape index (κ2) is 2.02. The first-order valence-corrected chi connectivity index (χ1v) is 3.50. The van der Waals surface area contributed by atoms with E-state index in [1.54, 1.807) is 0 Å². The van der Waals surface area contributed by atoms with Crippen molar-refractivity contribution in [3.8, 4) is 0 Å². The zero-order valence-corrected chi connectivity index (χ0v) is 7.09. The molecule has 52 valence electrons. The summed E-state index contributed by atoms with van der Waals surface area (Å²) in [6.45, 7) is 3.79. The zero-order valence-electron chi connectivity index (χ0n) is 5.30. The number of ether oxygens (including phenoxy) is 1. The highest BCUT2D eigenvalue weighted by Crippen LogP contribution is 2.29. The van der Waals surface area contributed by atoms with Gasteiger partial charge >= 0.3 is 0 Å². The second-order valence-electron chi connectivity index (χ2n) is 2.02. The van der Waals surface area contributed by atoms with Gasteiger partial charge in [-0.15, -0.1) is 0 Å². The number of rotatable bonds is 0.